The molecule has 0 unspecified atom stereocenters. The summed E-state index contributed by atoms with van der Waals surface area (Å²) in [4.78, 5) is 12.5. The molecular weight excluding hydrogens is 286 g/mol. The topological polar surface area (TPSA) is 42.2 Å². The number of aliphatic hydroxyl groups is 1. The fourth-order valence-electron chi connectivity index (χ4n) is 2.23. The van der Waals surface area contributed by atoms with Crippen molar-refractivity contribution in [3.8, 4) is 11.3 Å². The summed E-state index contributed by atoms with van der Waals surface area (Å²) in [6.07, 6.45) is 0.912. The van der Waals surface area contributed by atoms with Gasteiger partial charge in [0.2, 0.25) is 0 Å². The zero-order valence-corrected chi connectivity index (χ0v) is 13.1. The van der Waals surface area contributed by atoms with Gasteiger partial charge in [-0.25, -0.2) is 0 Å². The molecule has 2 rings (SSSR count). The highest BCUT2D eigenvalue weighted by Gasteiger charge is 2.10. The average Bonchev–Trinajstić information content (AvgIpc) is 2.46. The van der Waals surface area contributed by atoms with Crippen LogP contribution in [-0.2, 0) is 13.2 Å². The van der Waals surface area contributed by atoms with Crippen LogP contribution in [0.2, 0.25) is 5.02 Å². The van der Waals surface area contributed by atoms with Crippen molar-refractivity contribution in [2.24, 2.45) is 5.92 Å². The minimum Gasteiger partial charge on any atom is -0.391 e. The summed E-state index contributed by atoms with van der Waals surface area (Å²) >= 11 is 5.92. The molecule has 21 heavy (non-hydrogen) atoms. The van der Waals surface area contributed by atoms with Crippen molar-refractivity contribution in [2.45, 2.75) is 33.4 Å². The summed E-state index contributed by atoms with van der Waals surface area (Å²) in [5.41, 5.74) is 2.11. The minimum atomic E-state index is -0.235. The molecule has 0 saturated heterocycles. The third-order valence-electron chi connectivity index (χ3n) is 3.49. The van der Waals surface area contributed by atoms with Crippen molar-refractivity contribution < 1.29 is 5.11 Å². The molecule has 0 saturated carbocycles. The van der Waals surface area contributed by atoms with Crippen molar-refractivity contribution in [3.05, 3.63) is 57.3 Å². The predicted octanol–water partition coefficient (Wildman–Crippen LogP) is 3.71. The molecule has 2 aromatic rings. The maximum absolute atomic E-state index is 12.5. The van der Waals surface area contributed by atoms with Gasteiger partial charge in [0.1, 0.15) is 0 Å². The Balaban J connectivity index is 2.51. The Morgan fingerprint density at radius 3 is 2.38 bits per heavy atom. The van der Waals surface area contributed by atoms with Gasteiger partial charge in [0.15, 0.2) is 0 Å². The molecule has 0 fully saturated rings. The first-order valence-electron chi connectivity index (χ1n) is 7.12. The number of rotatable bonds is 5. The molecule has 1 N–H and O–H groups in total. The highest BCUT2D eigenvalue weighted by molar-refractivity contribution is 6.30. The molecule has 1 aromatic carbocycles. The molecule has 0 radical (unpaired) electrons. The van der Waals surface area contributed by atoms with Gasteiger partial charge in [-0.1, -0.05) is 37.6 Å². The number of aliphatic hydroxyl groups excluding tert-OH is 1. The van der Waals surface area contributed by atoms with Gasteiger partial charge in [0.25, 0.3) is 5.56 Å². The molecule has 4 heteroatoms. The van der Waals surface area contributed by atoms with E-state index < -0.39 is 0 Å². The van der Waals surface area contributed by atoms with Gasteiger partial charge < -0.3 is 9.67 Å². The Labute approximate surface area is 129 Å². The SMILES string of the molecule is CC(C)CCn1c(-c2ccc(Cl)cc2)ccc(CO)c1=O. The summed E-state index contributed by atoms with van der Waals surface area (Å²) in [5, 5.41) is 9.96. The molecule has 0 aliphatic carbocycles. The lowest BCUT2D eigenvalue weighted by Crippen LogP contribution is -2.25. The number of pyridine rings is 1. The molecule has 1 aromatic heterocycles. The standard InChI is InChI=1S/C17H20ClNO2/c1-12(2)9-10-19-16(8-5-14(11-20)17(19)21)13-3-6-15(18)7-4-13/h3-8,12,20H,9-11H2,1-2H3. The second-order valence-electron chi connectivity index (χ2n) is 5.55. The van der Waals surface area contributed by atoms with E-state index in [2.05, 4.69) is 13.8 Å². The zero-order valence-electron chi connectivity index (χ0n) is 12.3. The molecule has 112 valence electrons. The number of nitrogens with zero attached hydrogens (tertiary/aromatic N) is 1. The minimum absolute atomic E-state index is 0.120. The van der Waals surface area contributed by atoms with E-state index in [1.165, 1.54) is 0 Å². The fourth-order valence-corrected chi connectivity index (χ4v) is 2.35. The van der Waals surface area contributed by atoms with Crippen molar-refractivity contribution in [3.63, 3.8) is 0 Å². The second-order valence-corrected chi connectivity index (χ2v) is 5.98. The predicted molar refractivity (Wildman–Crippen MR) is 86.5 cm³/mol. The lowest BCUT2D eigenvalue weighted by molar-refractivity contribution is 0.279. The van der Waals surface area contributed by atoms with E-state index in [1.807, 2.05) is 30.3 Å². The van der Waals surface area contributed by atoms with Crippen molar-refractivity contribution >= 4 is 11.6 Å². The number of aromatic nitrogens is 1. The first kappa shape index (κ1) is 15.8. The van der Waals surface area contributed by atoms with E-state index >= 15 is 0 Å². The lowest BCUT2D eigenvalue weighted by atomic mass is 10.1. The summed E-state index contributed by atoms with van der Waals surface area (Å²) < 4.78 is 1.74. The van der Waals surface area contributed by atoms with Crippen molar-refractivity contribution in [1.82, 2.24) is 4.57 Å². The van der Waals surface area contributed by atoms with E-state index in [1.54, 1.807) is 10.6 Å². The summed E-state index contributed by atoms with van der Waals surface area (Å²) in [6, 6.07) is 11.0. The number of benzene rings is 1. The molecule has 3 nitrogen and oxygen atoms in total. The molecule has 0 aliphatic rings. The van der Waals surface area contributed by atoms with Gasteiger partial charge in [-0.3, -0.25) is 4.79 Å². The molecular formula is C17H20ClNO2. The first-order chi connectivity index (χ1) is 10.0. The van der Waals surface area contributed by atoms with Gasteiger partial charge in [0, 0.05) is 17.1 Å². The van der Waals surface area contributed by atoms with Crippen LogP contribution in [0.3, 0.4) is 0 Å². The average molecular weight is 306 g/mol. The van der Waals surface area contributed by atoms with Gasteiger partial charge in [-0.05, 0) is 42.2 Å². The van der Waals surface area contributed by atoms with E-state index in [4.69, 9.17) is 11.6 Å². The van der Waals surface area contributed by atoms with Crippen LogP contribution < -0.4 is 5.56 Å². The largest absolute Gasteiger partial charge is 0.391 e. The third-order valence-corrected chi connectivity index (χ3v) is 3.75. The van der Waals surface area contributed by atoms with Crippen LogP contribution in [0, 0.1) is 5.92 Å². The Morgan fingerprint density at radius 2 is 1.81 bits per heavy atom. The Hall–Kier alpha value is -1.58. The lowest BCUT2D eigenvalue weighted by Gasteiger charge is -2.15. The molecule has 0 amide bonds. The first-order valence-corrected chi connectivity index (χ1v) is 7.50. The third kappa shape index (κ3) is 3.74. The van der Waals surface area contributed by atoms with Crippen LogP contribution in [0.4, 0.5) is 0 Å². The van der Waals surface area contributed by atoms with Crippen molar-refractivity contribution in [1.29, 1.82) is 0 Å². The molecule has 0 spiro atoms. The van der Waals surface area contributed by atoms with Gasteiger partial charge in [-0.15, -0.1) is 0 Å². The second kappa shape index (κ2) is 6.92. The number of halogens is 1. The summed E-state index contributed by atoms with van der Waals surface area (Å²) in [6.45, 7) is 4.66. The van der Waals surface area contributed by atoms with Crippen LogP contribution >= 0.6 is 11.6 Å². The smallest absolute Gasteiger partial charge is 0.256 e. The molecule has 0 bridgehead atoms. The number of hydrogen-bond donors (Lipinski definition) is 1. The van der Waals surface area contributed by atoms with Gasteiger partial charge >= 0.3 is 0 Å². The van der Waals surface area contributed by atoms with Crippen molar-refractivity contribution in [2.75, 3.05) is 0 Å². The Kier molecular flexibility index (Phi) is 5.21. The van der Waals surface area contributed by atoms with Gasteiger partial charge in [0.05, 0.1) is 12.3 Å². The van der Waals surface area contributed by atoms with E-state index in [9.17, 15) is 9.90 Å². The van der Waals surface area contributed by atoms with Crippen LogP contribution in [0.15, 0.2) is 41.2 Å². The maximum atomic E-state index is 12.5. The fraction of sp³-hybridized carbons (Fsp3) is 0.353. The highest BCUT2D eigenvalue weighted by atomic mass is 35.5. The Morgan fingerprint density at radius 1 is 1.14 bits per heavy atom. The van der Waals surface area contributed by atoms with Crippen LogP contribution in [0.25, 0.3) is 11.3 Å². The molecule has 0 atom stereocenters. The van der Waals surface area contributed by atoms with Crippen LogP contribution in [0.5, 0.6) is 0 Å². The summed E-state index contributed by atoms with van der Waals surface area (Å²) in [7, 11) is 0. The van der Waals surface area contributed by atoms with E-state index in [-0.39, 0.29) is 12.2 Å². The number of hydrogen-bond acceptors (Lipinski definition) is 2. The van der Waals surface area contributed by atoms with Crippen LogP contribution in [-0.4, -0.2) is 9.67 Å². The highest BCUT2D eigenvalue weighted by Crippen LogP contribution is 2.21. The van der Waals surface area contributed by atoms with E-state index in [0.29, 0.717) is 23.0 Å². The normalized spacial score (nSPS) is 11.1. The zero-order chi connectivity index (χ0) is 15.4. The van der Waals surface area contributed by atoms with Gasteiger partial charge in [-0.2, -0.15) is 0 Å². The summed E-state index contributed by atoms with van der Waals surface area (Å²) in [5.74, 6) is 0.507. The maximum Gasteiger partial charge on any atom is 0.256 e. The molecule has 1 heterocycles. The molecule has 0 aliphatic heterocycles. The Bertz CT molecular complexity index is 659. The quantitative estimate of drug-likeness (QED) is 0.915. The monoisotopic (exact) mass is 305 g/mol. The van der Waals surface area contributed by atoms with Crippen LogP contribution in [0.1, 0.15) is 25.8 Å². The van der Waals surface area contributed by atoms with E-state index in [0.717, 1.165) is 17.7 Å².